The van der Waals surface area contributed by atoms with Gasteiger partial charge in [-0.3, -0.25) is 0 Å². The lowest BCUT2D eigenvalue weighted by Crippen LogP contribution is -2.33. The van der Waals surface area contributed by atoms with Crippen molar-refractivity contribution in [2.45, 2.75) is 13.8 Å². The van der Waals surface area contributed by atoms with E-state index in [0.29, 0.717) is 0 Å². The van der Waals surface area contributed by atoms with Crippen molar-refractivity contribution in [3.8, 4) is 0 Å². The molecule has 11 heavy (non-hydrogen) atoms. The van der Waals surface area contributed by atoms with E-state index in [2.05, 4.69) is 22.8 Å². The van der Waals surface area contributed by atoms with Crippen LogP contribution in [0.4, 0.5) is 0 Å². The average Bonchev–Trinajstić information content (AvgIpc) is 1.94. The normalized spacial score (nSPS) is 10.6. The highest BCUT2D eigenvalue weighted by Gasteiger charge is 2.07. The van der Waals surface area contributed by atoms with Crippen molar-refractivity contribution in [2.75, 3.05) is 0 Å². The van der Waals surface area contributed by atoms with Crippen LogP contribution in [-0.4, -0.2) is 23.1 Å². The van der Waals surface area contributed by atoms with Gasteiger partial charge in [0.1, 0.15) is 0 Å². The van der Waals surface area contributed by atoms with Gasteiger partial charge in [-0.05, 0) is 30.2 Å². The van der Waals surface area contributed by atoms with Gasteiger partial charge in [0.25, 0.3) is 0 Å². The molecule has 0 aliphatic rings. The van der Waals surface area contributed by atoms with Gasteiger partial charge < -0.3 is 4.80 Å². The smallest absolute Gasteiger partial charge is 0.216 e. The van der Waals surface area contributed by atoms with E-state index in [-0.39, 0.29) is 0 Å². The third-order valence-corrected chi connectivity index (χ3v) is 3.72. The van der Waals surface area contributed by atoms with Gasteiger partial charge in [0, 0.05) is 0 Å². The van der Waals surface area contributed by atoms with Crippen LogP contribution in [0.15, 0.2) is 18.2 Å². The SMILES string of the molecule is Cc1cccc([Si](O)[Si])c1C. The Balaban J connectivity index is 3.17. The minimum absolute atomic E-state index is 1.05. The van der Waals surface area contributed by atoms with Gasteiger partial charge in [-0.15, -0.1) is 0 Å². The van der Waals surface area contributed by atoms with E-state index in [0.717, 1.165) is 5.19 Å². The van der Waals surface area contributed by atoms with E-state index in [4.69, 9.17) is 0 Å². The van der Waals surface area contributed by atoms with Crippen LogP contribution >= 0.6 is 0 Å². The molecule has 3 heteroatoms. The monoisotopic (exact) mass is 178 g/mol. The molecule has 0 unspecified atom stereocenters. The molecule has 0 saturated heterocycles. The Morgan fingerprint density at radius 2 is 2.00 bits per heavy atom. The van der Waals surface area contributed by atoms with E-state index in [1.54, 1.807) is 0 Å². The fraction of sp³-hybridized carbons (Fsp3) is 0.250. The molecule has 0 fully saturated rings. The van der Waals surface area contributed by atoms with Crippen LogP contribution in [0.25, 0.3) is 0 Å². The summed E-state index contributed by atoms with van der Waals surface area (Å²) in [6, 6.07) is 5.98. The summed E-state index contributed by atoms with van der Waals surface area (Å²) >= 11 is 0. The van der Waals surface area contributed by atoms with Crippen LogP contribution in [-0.2, 0) is 0 Å². The summed E-state index contributed by atoms with van der Waals surface area (Å²) in [6.07, 6.45) is 0. The highest BCUT2D eigenvalue weighted by molar-refractivity contribution is 7.06. The van der Waals surface area contributed by atoms with Gasteiger partial charge in [-0.1, -0.05) is 18.2 Å². The van der Waals surface area contributed by atoms with Gasteiger partial charge >= 0.3 is 0 Å². The molecule has 1 aromatic carbocycles. The standard InChI is InChI=1S/C8H10OSi2/c1-6-4-3-5-8(7(6)2)11(9)10/h3-5,9H,1-2H3. The molecule has 0 aliphatic carbocycles. The van der Waals surface area contributed by atoms with E-state index in [9.17, 15) is 4.80 Å². The molecule has 0 saturated carbocycles. The second-order valence-corrected chi connectivity index (χ2v) is 5.25. The molecule has 4 radical (unpaired) electrons. The molecular weight excluding hydrogens is 168 g/mol. The molecule has 1 aromatic rings. The van der Waals surface area contributed by atoms with Gasteiger partial charge in [-0.25, -0.2) is 0 Å². The van der Waals surface area contributed by atoms with Gasteiger partial charge in [0.2, 0.25) is 8.56 Å². The van der Waals surface area contributed by atoms with Crippen LogP contribution in [0.2, 0.25) is 0 Å². The topological polar surface area (TPSA) is 20.2 Å². The molecule has 0 spiro atoms. The van der Waals surface area contributed by atoms with Gasteiger partial charge in [0.15, 0.2) is 0 Å². The van der Waals surface area contributed by atoms with Crippen molar-refractivity contribution in [1.82, 2.24) is 0 Å². The van der Waals surface area contributed by atoms with E-state index in [1.165, 1.54) is 11.1 Å². The summed E-state index contributed by atoms with van der Waals surface area (Å²) in [5.74, 6) is 0. The van der Waals surface area contributed by atoms with E-state index < -0.39 is 8.56 Å². The number of rotatable bonds is 1. The van der Waals surface area contributed by atoms with Crippen LogP contribution < -0.4 is 5.19 Å². The summed E-state index contributed by atoms with van der Waals surface area (Å²) in [6.45, 7) is 4.08. The first-order valence-electron chi connectivity index (χ1n) is 3.47. The molecule has 0 bridgehead atoms. The molecule has 56 valence electrons. The first-order chi connectivity index (χ1) is 5.13. The maximum Gasteiger partial charge on any atom is 0.216 e. The van der Waals surface area contributed by atoms with Crippen molar-refractivity contribution in [2.24, 2.45) is 0 Å². The lowest BCUT2D eigenvalue weighted by molar-refractivity contribution is 0.607. The van der Waals surface area contributed by atoms with Crippen molar-refractivity contribution >= 4 is 23.5 Å². The Kier molecular flexibility index (Phi) is 2.64. The molecule has 0 atom stereocenters. The highest BCUT2D eigenvalue weighted by Crippen LogP contribution is 2.02. The first kappa shape index (κ1) is 8.71. The predicted octanol–water partition coefficient (Wildman–Crippen LogP) is 0.159. The molecule has 0 heterocycles. The molecule has 1 N–H and O–H groups in total. The average molecular weight is 178 g/mol. The van der Waals surface area contributed by atoms with Crippen molar-refractivity contribution in [1.29, 1.82) is 0 Å². The second kappa shape index (κ2) is 3.34. The summed E-state index contributed by atoms with van der Waals surface area (Å²) < 4.78 is 0. The Labute approximate surface area is 72.0 Å². The molecule has 0 aromatic heterocycles. The van der Waals surface area contributed by atoms with Crippen LogP contribution in [0.1, 0.15) is 11.1 Å². The van der Waals surface area contributed by atoms with Crippen LogP contribution in [0.3, 0.4) is 0 Å². The van der Waals surface area contributed by atoms with Crippen LogP contribution in [0.5, 0.6) is 0 Å². The summed E-state index contributed by atoms with van der Waals surface area (Å²) in [5.41, 5.74) is 2.43. The predicted molar refractivity (Wildman–Crippen MR) is 49.3 cm³/mol. The van der Waals surface area contributed by atoms with Gasteiger partial charge in [0.05, 0.1) is 9.76 Å². The zero-order valence-electron chi connectivity index (χ0n) is 6.68. The molecule has 1 nitrogen and oxygen atoms in total. The quantitative estimate of drug-likeness (QED) is 0.607. The summed E-state index contributed by atoms with van der Waals surface area (Å²) in [5, 5.41) is 1.05. The highest BCUT2D eigenvalue weighted by atomic mass is 29.2. The first-order valence-corrected chi connectivity index (χ1v) is 6.41. The lowest BCUT2D eigenvalue weighted by atomic mass is 10.1. The number of benzene rings is 1. The lowest BCUT2D eigenvalue weighted by Gasteiger charge is -2.08. The third kappa shape index (κ3) is 1.80. The fourth-order valence-electron chi connectivity index (χ4n) is 1.01. The van der Waals surface area contributed by atoms with Crippen molar-refractivity contribution in [3.05, 3.63) is 29.3 Å². The number of hydrogen-bond donors (Lipinski definition) is 1. The second-order valence-electron chi connectivity index (χ2n) is 2.60. The summed E-state index contributed by atoms with van der Waals surface area (Å²) in [7, 11) is 1.82. The largest absolute Gasteiger partial charge is 0.430 e. The maximum atomic E-state index is 9.34. The van der Waals surface area contributed by atoms with Crippen LogP contribution in [0, 0.1) is 13.8 Å². The zero-order chi connectivity index (χ0) is 8.43. The Bertz CT molecular complexity index is 258. The third-order valence-electron chi connectivity index (χ3n) is 1.86. The summed E-state index contributed by atoms with van der Waals surface area (Å²) in [4.78, 5) is 9.34. The Morgan fingerprint density at radius 1 is 1.36 bits per heavy atom. The Morgan fingerprint density at radius 3 is 2.45 bits per heavy atom. The van der Waals surface area contributed by atoms with Gasteiger partial charge in [-0.2, -0.15) is 0 Å². The fourth-order valence-corrected chi connectivity index (χ4v) is 2.63. The Hall–Kier alpha value is -0.386. The maximum absolute atomic E-state index is 9.34. The molecular formula is C8H10OSi2. The van der Waals surface area contributed by atoms with E-state index in [1.807, 2.05) is 19.1 Å². The minimum atomic E-state index is -1.46. The van der Waals surface area contributed by atoms with Crippen molar-refractivity contribution in [3.63, 3.8) is 0 Å². The molecule has 0 amide bonds. The minimum Gasteiger partial charge on any atom is -0.430 e. The number of aryl methyl sites for hydroxylation is 1. The molecule has 0 aliphatic heterocycles. The van der Waals surface area contributed by atoms with E-state index >= 15 is 0 Å². The number of hydrogen-bond acceptors (Lipinski definition) is 1. The van der Waals surface area contributed by atoms with Crippen molar-refractivity contribution < 1.29 is 4.80 Å². The molecule has 1 rings (SSSR count). The zero-order valence-corrected chi connectivity index (χ0v) is 8.68.